The van der Waals surface area contributed by atoms with Crippen LogP contribution in [0.1, 0.15) is 17.2 Å². The molecule has 116 valence electrons. The first-order valence-electron chi connectivity index (χ1n) is 6.10. The van der Waals surface area contributed by atoms with Crippen molar-refractivity contribution >= 4 is 24.8 Å². The molecule has 7 heteroatoms. The number of aryl methyl sites for hydroxylation is 1. The first-order chi connectivity index (χ1) is 8.65. The van der Waals surface area contributed by atoms with E-state index in [9.17, 15) is 13.2 Å². The normalized spacial score (nSPS) is 17.0. The number of piperazine rings is 1. The molecule has 0 saturated carbocycles. The Morgan fingerprint density at radius 3 is 2.35 bits per heavy atom. The van der Waals surface area contributed by atoms with E-state index in [1.165, 1.54) is 12.1 Å². The zero-order valence-corrected chi connectivity index (χ0v) is 12.8. The van der Waals surface area contributed by atoms with Gasteiger partial charge in [-0.15, -0.1) is 24.8 Å². The number of hydrogen-bond acceptors (Lipinski definition) is 2. The summed E-state index contributed by atoms with van der Waals surface area (Å²) in [5.41, 5.74) is 0.208. The number of nitrogens with zero attached hydrogens (tertiary/aromatic N) is 1. The lowest BCUT2D eigenvalue weighted by Crippen LogP contribution is -2.46. The third-order valence-electron chi connectivity index (χ3n) is 3.39. The Labute approximate surface area is 129 Å². The number of rotatable bonds is 3. The second-order valence-corrected chi connectivity index (χ2v) is 4.55. The predicted octanol–water partition coefficient (Wildman–Crippen LogP) is 3.03. The molecule has 1 heterocycles. The van der Waals surface area contributed by atoms with Crippen LogP contribution in [0.2, 0.25) is 0 Å². The van der Waals surface area contributed by atoms with Crippen LogP contribution in [0.4, 0.5) is 13.2 Å². The molecule has 2 nitrogen and oxygen atoms in total. The summed E-state index contributed by atoms with van der Waals surface area (Å²) in [6, 6.07) is 1.76. The first-order valence-corrected chi connectivity index (χ1v) is 6.10. The molecule has 2 rings (SSSR count). The van der Waals surface area contributed by atoms with Crippen molar-refractivity contribution in [2.75, 3.05) is 32.9 Å². The third kappa shape index (κ3) is 4.01. The molecule has 1 fully saturated rings. The van der Waals surface area contributed by atoms with E-state index in [0.29, 0.717) is 31.7 Å². The quantitative estimate of drug-likeness (QED) is 0.916. The molecule has 1 saturated heterocycles. The number of nitrogens with one attached hydrogen (secondary N) is 1. The van der Waals surface area contributed by atoms with Gasteiger partial charge in [0.05, 0.1) is 6.04 Å². The maximum atomic E-state index is 14.0. The monoisotopic (exact) mass is 330 g/mol. The summed E-state index contributed by atoms with van der Waals surface area (Å²) in [5.74, 6) is -1.30. The SMILES string of the molecule is Cc1ccc(F)c([C@@H](CF)N2CCNCC2)c1F.Cl.Cl. The Kier molecular flexibility index (Phi) is 8.51. The van der Waals surface area contributed by atoms with Gasteiger partial charge in [-0.1, -0.05) is 6.07 Å². The van der Waals surface area contributed by atoms with Crippen LogP contribution in [0, 0.1) is 18.6 Å². The van der Waals surface area contributed by atoms with E-state index < -0.39 is 24.4 Å². The molecule has 0 aliphatic carbocycles. The summed E-state index contributed by atoms with van der Waals surface area (Å²) in [7, 11) is 0. The highest BCUT2D eigenvalue weighted by Gasteiger charge is 2.28. The van der Waals surface area contributed by atoms with Crippen molar-refractivity contribution < 1.29 is 13.2 Å². The summed E-state index contributed by atoms with van der Waals surface area (Å²) < 4.78 is 41.0. The van der Waals surface area contributed by atoms with Gasteiger partial charge in [-0.2, -0.15) is 0 Å². The minimum absolute atomic E-state index is 0. The summed E-state index contributed by atoms with van der Waals surface area (Å²) in [6.07, 6.45) is 0. The van der Waals surface area contributed by atoms with Crippen LogP contribution in [0.3, 0.4) is 0 Å². The Morgan fingerprint density at radius 2 is 1.80 bits per heavy atom. The van der Waals surface area contributed by atoms with E-state index in [4.69, 9.17) is 0 Å². The molecule has 1 aromatic carbocycles. The lowest BCUT2D eigenvalue weighted by molar-refractivity contribution is 0.141. The highest BCUT2D eigenvalue weighted by Crippen LogP contribution is 2.28. The van der Waals surface area contributed by atoms with Crippen LogP contribution in [0.5, 0.6) is 0 Å². The van der Waals surface area contributed by atoms with Crippen molar-refractivity contribution in [3.63, 3.8) is 0 Å². The van der Waals surface area contributed by atoms with E-state index in [2.05, 4.69) is 5.32 Å². The summed E-state index contributed by atoms with van der Waals surface area (Å²) in [4.78, 5) is 1.79. The molecule has 0 spiro atoms. The Bertz CT molecular complexity index is 426. The fraction of sp³-hybridized carbons (Fsp3) is 0.538. The van der Waals surface area contributed by atoms with Gasteiger partial charge in [-0.05, 0) is 18.6 Å². The molecule has 1 atom stereocenters. The molecule has 1 N–H and O–H groups in total. The van der Waals surface area contributed by atoms with Crippen LogP contribution in [-0.4, -0.2) is 37.8 Å². The highest BCUT2D eigenvalue weighted by atomic mass is 35.5. The van der Waals surface area contributed by atoms with E-state index >= 15 is 0 Å². The predicted molar refractivity (Wildman–Crippen MR) is 78.7 cm³/mol. The molecule has 0 bridgehead atoms. The van der Waals surface area contributed by atoms with Crippen LogP contribution in [0.25, 0.3) is 0 Å². The minimum atomic E-state index is -0.827. The van der Waals surface area contributed by atoms with Crippen molar-refractivity contribution in [1.82, 2.24) is 10.2 Å². The van der Waals surface area contributed by atoms with Crippen molar-refractivity contribution in [3.05, 3.63) is 34.9 Å². The average molecular weight is 331 g/mol. The van der Waals surface area contributed by atoms with E-state index in [0.717, 1.165) is 0 Å². The second kappa shape index (κ2) is 8.72. The number of alkyl halides is 1. The lowest BCUT2D eigenvalue weighted by Gasteiger charge is -2.34. The fourth-order valence-corrected chi connectivity index (χ4v) is 2.33. The zero-order chi connectivity index (χ0) is 13.1. The molecule has 1 aromatic rings. The first kappa shape index (κ1) is 19.5. The summed E-state index contributed by atoms with van der Waals surface area (Å²) >= 11 is 0. The van der Waals surface area contributed by atoms with E-state index in [-0.39, 0.29) is 30.4 Å². The largest absolute Gasteiger partial charge is 0.314 e. The standard InChI is InChI=1S/C13H17F3N2.2ClH/c1-9-2-3-10(15)12(13(9)16)11(8-14)18-6-4-17-5-7-18;;/h2-3,11,17H,4-8H2,1H3;2*1H/t11-;;/m1../s1. The van der Waals surface area contributed by atoms with Crippen LogP contribution < -0.4 is 5.32 Å². The minimum Gasteiger partial charge on any atom is -0.314 e. The Balaban J connectivity index is 0.00000180. The van der Waals surface area contributed by atoms with Crippen LogP contribution >= 0.6 is 24.8 Å². The molecule has 0 unspecified atom stereocenters. The lowest BCUT2D eigenvalue weighted by atomic mass is 10.0. The topological polar surface area (TPSA) is 15.3 Å². The molecular weight excluding hydrogens is 312 g/mol. The Hall–Kier alpha value is -0.490. The maximum Gasteiger partial charge on any atom is 0.133 e. The van der Waals surface area contributed by atoms with Gasteiger partial charge in [0.1, 0.15) is 18.3 Å². The third-order valence-corrected chi connectivity index (χ3v) is 3.39. The van der Waals surface area contributed by atoms with Gasteiger partial charge in [0.25, 0.3) is 0 Å². The molecule has 20 heavy (non-hydrogen) atoms. The Morgan fingerprint density at radius 1 is 1.20 bits per heavy atom. The average Bonchev–Trinajstić information content (AvgIpc) is 2.40. The number of hydrogen-bond donors (Lipinski definition) is 1. The van der Waals surface area contributed by atoms with Gasteiger partial charge in [0.2, 0.25) is 0 Å². The zero-order valence-electron chi connectivity index (χ0n) is 11.2. The van der Waals surface area contributed by atoms with Gasteiger partial charge < -0.3 is 5.32 Å². The number of benzene rings is 1. The van der Waals surface area contributed by atoms with Gasteiger partial charge in [0, 0.05) is 31.7 Å². The van der Waals surface area contributed by atoms with Gasteiger partial charge in [0.15, 0.2) is 0 Å². The van der Waals surface area contributed by atoms with Crippen molar-refractivity contribution in [1.29, 1.82) is 0 Å². The second-order valence-electron chi connectivity index (χ2n) is 4.55. The highest BCUT2D eigenvalue weighted by molar-refractivity contribution is 5.85. The van der Waals surface area contributed by atoms with Gasteiger partial charge in [-0.25, -0.2) is 13.2 Å². The molecular formula is C13H19Cl2F3N2. The smallest absolute Gasteiger partial charge is 0.133 e. The molecule has 0 radical (unpaired) electrons. The molecule has 0 amide bonds. The number of halogens is 5. The van der Waals surface area contributed by atoms with E-state index in [1.807, 2.05) is 0 Å². The molecule has 1 aliphatic heterocycles. The van der Waals surface area contributed by atoms with Crippen LogP contribution in [-0.2, 0) is 0 Å². The van der Waals surface area contributed by atoms with Crippen LogP contribution in [0.15, 0.2) is 12.1 Å². The van der Waals surface area contributed by atoms with E-state index in [1.54, 1.807) is 11.8 Å². The van der Waals surface area contributed by atoms with Crippen molar-refractivity contribution in [2.24, 2.45) is 0 Å². The summed E-state index contributed by atoms with van der Waals surface area (Å²) in [5, 5.41) is 3.13. The summed E-state index contributed by atoms with van der Waals surface area (Å²) in [6.45, 7) is 3.41. The maximum absolute atomic E-state index is 14.0. The molecule has 1 aliphatic rings. The fourth-order valence-electron chi connectivity index (χ4n) is 2.33. The van der Waals surface area contributed by atoms with Crippen molar-refractivity contribution in [3.8, 4) is 0 Å². The van der Waals surface area contributed by atoms with Gasteiger partial charge >= 0.3 is 0 Å². The van der Waals surface area contributed by atoms with Crippen molar-refractivity contribution in [2.45, 2.75) is 13.0 Å². The molecule has 0 aromatic heterocycles. The van der Waals surface area contributed by atoms with Gasteiger partial charge in [-0.3, -0.25) is 4.90 Å².